The van der Waals surface area contributed by atoms with Crippen LogP contribution in [0.25, 0.3) is 0 Å². The van der Waals surface area contributed by atoms with Crippen molar-refractivity contribution in [2.75, 3.05) is 72.7 Å². The van der Waals surface area contributed by atoms with E-state index in [4.69, 9.17) is 18.9 Å². The summed E-state index contributed by atoms with van der Waals surface area (Å²) in [5.41, 5.74) is 3.40. The van der Waals surface area contributed by atoms with E-state index >= 15 is 0 Å². The number of aromatic nitrogens is 1. The van der Waals surface area contributed by atoms with Crippen LogP contribution in [0, 0.1) is 0 Å². The zero-order valence-electron chi connectivity index (χ0n) is 24.0. The fourth-order valence-corrected chi connectivity index (χ4v) is 5.28. The smallest absolute Gasteiger partial charge is 0.255 e. The lowest BCUT2D eigenvalue weighted by atomic mass is 9.87. The Hall–Kier alpha value is -4.31. The van der Waals surface area contributed by atoms with Crippen LogP contribution in [0.3, 0.4) is 0 Å². The van der Waals surface area contributed by atoms with E-state index in [1.807, 2.05) is 60.3 Å². The molecule has 0 saturated carbocycles. The van der Waals surface area contributed by atoms with E-state index < -0.39 is 0 Å². The van der Waals surface area contributed by atoms with Crippen LogP contribution >= 0.6 is 0 Å². The minimum absolute atomic E-state index is 0.0919. The van der Waals surface area contributed by atoms with Crippen molar-refractivity contribution in [3.8, 4) is 17.2 Å². The highest BCUT2D eigenvalue weighted by Gasteiger charge is 2.35. The summed E-state index contributed by atoms with van der Waals surface area (Å²) in [7, 11) is 6.99. The number of ether oxygens (including phenoxy) is 4. The second kappa shape index (κ2) is 12.5. The molecule has 10 nitrogen and oxygen atoms in total. The largest absolute Gasteiger partial charge is 0.493 e. The Morgan fingerprint density at radius 3 is 2.41 bits per heavy atom. The molecule has 3 aromatic rings. The fraction of sp³-hybridized carbons (Fsp3) is 0.387. The molecule has 0 spiro atoms. The van der Waals surface area contributed by atoms with Gasteiger partial charge < -0.3 is 33.6 Å². The Bertz CT molecular complexity index is 1380. The molecule has 0 saturated heterocycles. The predicted molar refractivity (Wildman–Crippen MR) is 154 cm³/mol. The molecule has 2 bridgehead atoms. The lowest BCUT2D eigenvalue weighted by molar-refractivity contribution is -0.134. The number of hydrogen-bond donors (Lipinski definition) is 0. The molecule has 1 atom stereocenters. The molecule has 41 heavy (non-hydrogen) atoms. The Morgan fingerprint density at radius 2 is 1.73 bits per heavy atom. The molecule has 0 radical (unpaired) electrons. The standard InChI is InChI=1S/C31H36N4O6/c1-33(2)28-10-7-23(19-32-28)31(37)34-13-14-40-15-16-41-24-8-5-21(6-9-24)30-25-18-27(39-4)26(38-3)17-22(25)11-12-35(30)29(36)20-34/h5-10,17-19,30H,11-16,20H2,1-4H3. The second-order valence-electron chi connectivity index (χ2n) is 10.2. The molecule has 1 aromatic heterocycles. The van der Waals surface area contributed by atoms with Gasteiger partial charge in [0.25, 0.3) is 5.91 Å². The second-order valence-corrected chi connectivity index (χ2v) is 10.2. The number of benzene rings is 2. The molecule has 2 amide bonds. The van der Waals surface area contributed by atoms with Crippen LogP contribution in [0.5, 0.6) is 17.2 Å². The number of hydrogen-bond acceptors (Lipinski definition) is 8. The van der Waals surface area contributed by atoms with Crippen molar-refractivity contribution in [2.45, 2.75) is 12.5 Å². The van der Waals surface area contributed by atoms with Gasteiger partial charge in [0.15, 0.2) is 11.5 Å². The predicted octanol–water partition coefficient (Wildman–Crippen LogP) is 3.19. The van der Waals surface area contributed by atoms with Crippen LogP contribution in [-0.4, -0.2) is 94.4 Å². The van der Waals surface area contributed by atoms with Gasteiger partial charge in [0.2, 0.25) is 5.91 Å². The molecular formula is C31H36N4O6. The summed E-state index contributed by atoms with van der Waals surface area (Å²) >= 11 is 0. The Balaban J connectivity index is 1.51. The Morgan fingerprint density at radius 1 is 0.976 bits per heavy atom. The maximum Gasteiger partial charge on any atom is 0.255 e. The molecule has 1 unspecified atom stereocenters. The number of carbonyl (C=O) groups is 2. The summed E-state index contributed by atoms with van der Waals surface area (Å²) < 4.78 is 22.8. The first kappa shape index (κ1) is 28.2. The molecule has 216 valence electrons. The third-order valence-corrected chi connectivity index (χ3v) is 7.46. The van der Waals surface area contributed by atoms with E-state index in [1.54, 1.807) is 37.4 Å². The first-order valence-corrected chi connectivity index (χ1v) is 13.7. The number of amides is 2. The highest BCUT2D eigenvalue weighted by Crippen LogP contribution is 2.41. The van der Waals surface area contributed by atoms with E-state index in [0.29, 0.717) is 43.2 Å². The van der Waals surface area contributed by atoms with Gasteiger partial charge in [0.05, 0.1) is 39.0 Å². The van der Waals surface area contributed by atoms with Crippen LogP contribution in [0.4, 0.5) is 5.82 Å². The normalized spacial score (nSPS) is 17.5. The van der Waals surface area contributed by atoms with Crippen molar-refractivity contribution in [3.63, 3.8) is 0 Å². The molecular weight excluding hydrogens is 524 g/mol. The number of methoxy groups -OCH3 is 2. The summed E-state index contributed by atoms with van der Waals surface area (Å²) in [6, 6.07) is 14.9. The summed E-state index contributed by atoms with van der Waals surface area (Å²) in [6.07, 6.45) is 2.19. The van der Waals surface area contributed by atoms with Crippen molar-refractivity contribution in [2.24, 2.45) is 0 Å². The molecule has 0 fully saturated rings. The summed E-state index contributed by atoms with van der Waals surface area (Å²) in [4.78, 5) is 37.3. The molecule has 10 heteroatoms. The quantitative estimate of drug-likeness (QED) is 0.450. The molecule has 4 heterocycles. The Kier molecular flexibility index (Phi) is 8.58. The molecule has 3 aliphatic rings. The first-order chi connectivity index (χ1) is 19.9. The lowest BCUT2D eigenvalue weighted by Gasteiger charge is -2.39. The van der Waals surface area contributed by atoms with Gasteiger partial charge in [-0.3, -0.25) is 9.59 Å². The van der Waals surface area contributed by atoms with Gasteiger partial charge in [-0.05, 0) is 59.5 Å². The Labute approximate surface area is 240 Å². The lowest BCUT2D eigenvalue weighted by Crippen LogP contribution is -2.47. The van der Waals surface area contributed by atoms with Gasteiger partial charge in [-0.1, -0.05) is 12.1 Å². The minimum atomic E-state index is -0.375. The summed E-state index contributed by atoms with van der Waals surface area (Å²) in [5, 5.41) is 0. The number of anilines is 1. The van der Waals surface area contributed by atoms with Crippen molar-refractivity contribution < 1.29 is 28.5 Å². The number of carbonyl (C=O) groups excluding carboxylic acids is 2. The van der Waals surface area contributed by atoms with Crippen LogP contribution in [0.15, 0.2) is 54.7 Å². The topological polar surface area (TPSA) is 93.7 Å². The summed E-state index contributed by atoms with van der Waals surface area (Å²) in [6.45, 7) is 1.66. The highest BCUT2D eigenvalue weighted by atomic mass is 16.5. The highest BCUT2D eigenvalue weighted by molar-refractivity contribution is 5.96. The first-order valence-electron chi connectivity index (χ1n) is 13.7. The fourth-order valence-electron chi connectivity index (χ4n) is 5.28. The zero-order valence-corrected chi connectivity index (χ0v) is 24.0. The van der Waals surface area contributed by atoms with Crippen molar-refractivity contribution in [3.05, 3.63) is 77.0 Å². The van der Waals surface area contributed by atoms with Gasteiger partial charge in [0, 0.05) is 33.4 Å². The molecule has 3 aliphatic heterocycles. The number of pyridine rings is 1. The number of nitrogens with zero attached hydrogens (tertiary/aromatic N) is 4. The monoisotopic (exact) mass is 560 g/mol. The third-order valence-electron chi connectivity index (χ3n) is 7.46. The van der Waals surface area contributed by atoms with Crippen LogP contribution < -0.4 is 19.1 Å². The maximum atomic E-state index is 14.1. The van der Waals surface area contributed by atoms with Gasteiger partial charge >= 0.3 is 0 Å². The molecule has 2 aromatic carbocycles. The maximum absolute atomic E-state index is 14.1. The minimum Gasteiger partial charge on any atom is -0.493 e. The van der Waals surface area contributed by atoms with Crippen molar-refractivity contribution >= 4 is 17.6 Å². The van der Waals surface area contributed by atoms with Crippen molar-refractivity contribution in [1.82, 2.24) is 14.8 Å². The van der Waals surface area contributed by atoms with Crippen LogP contribution in [0.1, 0.15) is 33.1 Å². The third kappa shape index (κ3) is 6.07. The zero-order chi connectivity index (χ0) is 28.9. The van der Waals surface area contributed by atoms with Crippen LogP contribution in [0.2, 0.25) is 0 Å². The van der Waals surface area contributed by atoms with E-state index in [1.165, 1.54) is 0 Å². The van der Waals surface area contributed by atoms with Gasteiger partial charge in [-0.15, -0.1) is 0 Å². The van der Waals surface area contributed by atoms with E-state index in [-0.39, 0.29) is 37.6 Å². The van der Waals surface area contributed by atoms with Crippen LogP contribution in [-0.2, 0) is 16.0 Å². The average molecular weight is 561 g/mol. The van der Waals surface area contributed by atoms with Gasteiger partial charge in [-0.2, -0.15) is 0 Å². The average Bonchev–Trinajstić information content (AvgIpc) is 3.01. The van der Waals surface area contributed by atoms with Crippen molar-refractivity contribution in [1.29, 1.82) is 0 Å². The number of fused-ring (bicyclic) bond motifs is 11. The van der Waals surface area contributed by atoms with Gasteiger partial charge in [0.1, 0.15) is 24.7 Å². The molecule has 0 N–H and O–H groups in total. The number of rotatable bonds is 4. The SMILES string of the molecule is COc1cc2c(cc1OC)C1c3ccc(cc3)OCCOCCN(C(=O)c3ccc(N(C)C)nc3)CC(=O)N1CC2. The van der Waals surface area contributed by atoms with E-state index in [2.05, 4.69) is 4.98 Å². The van der Waals surface area contributed by atoms with Gasteiger partial charge in [-0.25, -0.2) is 4.98 Å². The van der Waals surface area contributed by atoms with E-state index in [0.717, 1.165) is 28.3 Å². The summed E-state index contributed by atoms with van der Waals surface area (Å²) in [5.74, 6) is 2.28. The molecule has 0 aliphatic carbocycles. The van der Waals surface area contributed by atoms with E-state index in [9.17, 15) is 9.59 Å². The molecule has 6 rings (SSSR count).